The van der Waals surface area contributed by atoms with Gasteiger partial charge >= 0.3 is 0 Å². The Bertz CT molecular complexity index is 592. The third kappa shape index (κ3) is 4.58. The summed E-state index contributed by atoms with van der Waals surface area (Å²) >= 11 is 0.578. The van der Waals surface area contributed by atoms with Gasteiger partial charge in [-0.15, -0.1) is 15.7 Å². The molecule has 5 nitrogen and oxygen atoms in total. The monoisotopic (exact) mass is 325 g/mol. The van der Waals surface area contributed by atoms with Gasteiger partial charge in [-0.05, 0) is 24.5 Å². The molecule has 0 aliphatic rings. The molecule has 9 heteroatoms. The molecular weight excluding hydrogens is 308 g/mol. The number of thiophene rings is 1. The van der Waals surface area contributed by atoms with Gasteiger partial charge in [0.15, 0.2) is 9.92 Å². The van der Waals surface area contributed by atoms with Crippen LogP contribution in [0.3, 0.4) is 0 Å². The first-order valence-corrected chi connectivity index (χ1v) is 8.25. The fourth-order valence-electron chi connectivity index (χ4n) is 1.46. The maximum atomic E-state index is 12.5. The molecule has 1 aromatic heterocycles. The van der Waals surface area contributed by atoms with E-state index >= 15 is 0 Å². The Kier molecular flexibility index (Phi) is 5.75. The van der Waals surface area contributed by atoms with Crippen molar-refractivity contribution in [3.8, 4) is 0 Å². The molecule has 1 rings (SSSR count). The lowest BCUT2D eigenvalue weighted by Gasteiger charge is -2.10. The average molecular weight is 325 g/mol. The van der Waals surface area contributed by atoms with Gasteiger partial charge in [0.25, 0.3) is 12.3 Å². The molecule has 0 spiro atoms. The minimum Gasteiger partial charge on any atom is -0.320 e. The molecule has 0 saturated heterocycles. The third-order valence-corrected chi connectivity index (χ3v) is 5.39. The Balaban J connectivity index is 2.99. The van der Waals surface area contributed by atoms with Crippen molar-refractivity contribution in [2.45, 2.75) is 36.9 Å². The second-order valence-electron chi connectivity index (χ2n) is 4.69. The molecule has 1 amide bonds. The van der Waals surface area contributed by atoms with Crippen molar-refractivity contribution in [2.75, 3.05) is 0 Å². The van der Waals surface area contributed by atoms with Crippen LogP contribution in [0.15, 0.2) is 20.7 Å². The number of nitrogens with zero attached hydrogens (tertiary/aromatic N) is 1. The van der Waals surface area contributed by atoms with Crippen LogP contribution in [0.1, 0.15) is 31.6 Å². The van der Waals surface area contributed by atoms with Gasteiger partial charge in [-0.1, -0.05) is 13.8 Å². The second kappa shape index (κ2) is 6.70. The summed E-state index contributed by atoms with van der Waals surface area (Å²) in [5, 5.41) is 5.47. The van der Waals surface area contributed by atoms with Crippen molar-refractivity contribution in [3.63, 3.8) is 0 Å². The molecule has 1 heterocycles. The van der Waals surface area contributed by atoms with Gasteiger partial charge in [0.2, 0.25) is 0 Å². The number of rotatable bonds is 5. The lowest BCUT2D eigenvalue weighted by molar-refractivity contribution is -0.119. The van der Waals surface area contributed by atoms with Crippen molar-refractivity contribution in [1.82, 2.24) is 0 Å². The zero-order valence-corrected chi connectivity index (χ0v) is 12.7. The van der Waals surface area contributed by atoms with E-state index in [1.807, 2.05) is 13.8 Å². The van der Waals surface area contributed by atoms with Gasteiger partial charge in [-0.25, -0.2) is 18.1 Å². The smallest absolute Gasteiger partial charge is 0.272 e. The van der Waals surface area contributed by atoms with Gasteiger partial charge in [0.05, 0.1) is 10.9 Å². The van der Waals surface area contributed by atoms with Gasteiger partial charge in [0, 0.05) is 0 Å². The van der Waals surface area contributed by atoms with Gasteiger partial charge in [-0.2, -0.15) is 0 Å². The minimum absolute atomic E-state index is 0.0575. The number of carbonyl (C=O) groups is 1. The molecule has 2 atom stereocenters. The highest BCUT2D eigenvalue weighted by Gasteiger charge is 2.20. The quantitative estimate of drug-likeness (QED) is 0.869. The predicted molar refractivity (Wildman–Crippen MR) is 74.7 cm³/mol. The van der Waals surface area contributed by atoms with E-state index in [1.165, 1.54) is 6.07 Å². The van der Waals surface area contributed by atoms with Crippen LogP contribution in [0, 0.1) is 5.92 Å². The van der Waals surface area contributed by atoms with Crippen molar-refractivity contribution < 1.29 is 17.8 Å². The van der Waals surface area contributed by atoms with Crippen LogP contribution in [0.2, 0.25) is 0 Å². The number of hydrogen-bond acceptors (Lipinski definition) is 4. The van der Waals surface area contributed by atoms with E-state index in [4.69, 9.17) is 10.9 Å². The molecule has 0 radical (unpaired) electrons. The Hall–Kier alpha value is -0.900. The Morgan fingerprint density at radius 3 is 2.50 bits per heavy atom. The average Bonchev–Trinajstić information content (AvgIpc) is 2.77. The van der Waals surface area contributed by atoms with E-state index in [2.05, 4.69) is 4.36 Å². The summed E-state index contributed by atoms with van der Waals surface area (Å²) in [7, 11) is -3.52. The first kappa shape index (κ1) is 17.2. The molecule has 114 valence electrons. The van der Waals surface area contributed by atoms with Crippen molar-refractivity contribution >= 4 is 27.2 Å². The highest BCUT2D eigenvalue weighted by molar-refractivity contribution is 7.93. The molecule has 0 bridgehead atoms. The summed E-state index contributed by atoms with van der Waals surface area (Å²) in [6.07, 6.45) is -2.30. The summed E-state index contributed by atoms with van der Waals surface area (Å²) in [4.78, 5) is 11.4. The number of hydrogen-bond donors (Lipinski definition) is 2. The Morgan fingerprint density at radius 2 is 2.05 bits per heavy atom. The van der Waals surface area contributed by atoms with Crippen LogP contribution in [-0.4, -0.2) is 16.2 Å². The van der Waals surface area contributed by atoms with Crippen LogP contribution < -0.4 is 10.9 Å². The normalized spacial score (nSPS) is 16.2. The molecule has 1 unspecified atom stereocenters. The van der Waals surface area contributed by atoms with Crippen LogP contribution >= 0.6 is 11.3 Å². The Labute approximate surface area is 120 Å². The second-order valence-corrected chi connectivity index (χ2v) is 7.83. The summed E-state index contributed by atoms with van der Waals surface area (Å²) in [5.74, 6) is -0.608. The van der Waals surface area contributed by atoms with Gasteiger partial charge in [-0.3, -0.25) is 4.79 Å². The maximum Gasteiger partial charge on any atom is 0.272 e. The summed E-state index contributed by atoms with van der Waals surface area (Å²) in [5.41, 5.74) is 5.62. The standard InChI is InChI=1S/C11H17F2N3O2S2/c1-6(2)5-7(14)11(17)16-20(15,18)9-4-3-8(19-9)10(12)13/h3-4,6-7,10H,5,14H2,1-2H3,(H2,15,16,17,18)/t7-,20?/m0/s1. The molecule has 0 saturated carbocycles. The van der Waals surface area contributed by atoms with Gasteiger partial charge in [0.1, 0.15) is 4.21 Å². The number of amides is 1. The highest BCUT2D eigenvalue weighted by Crippen LogP contribution is 2.29. The van der Waals surface area contributed by atoms with E-state index in [-0.39, 0.29) is 15.0 Å². The van der Waals surface area contributed by atoms with E-state index < -0.39 is 28.3 Å². The lowest BCUT2D eigenvalue weighted by atomic mass is 10.0. The largest absolute Gasteiger partial charge is 0.320 e. The highest BCUT2D eigenvalue weighted by atomic mass is 32.2. The topological polar surface area (TPSA) is 98.5 Å². The summed E-state index contributed by atoms with van der Waals surface area (Å²) < 4.78 is 40.4. The van der Waals surface area contributed by atoms with Crippen molar-refractivity contribution in [1.29, 1.82) is 0 Å². The SMILES string of the molecule is CC(C)C[C@H](N)C(=O)N=S(N)(=O)c1ccc(C(F)F)s1. The summed E-state index contributed by atoms with van der Waals surface area (Å²) in [6.45, 7) is 3.75. The van der Waals surface area contributed by atoms with E-state index in [1.54, 1.807) is 0 Å². The fraction of sp³-hybridized carbons (Fsp3) is 0.545. The zero-order chi connectivity index (χ0) is 15.5. The van der Waals surface area contributed by atoms with Crippen LogP contribution in [0.5, 0.6) is 0 Å². The maximum absolute atomic E-state index is 12.5. The molecule has 4 N–H and O–H groups in total. The van der Waals surface area contributed by atoms with E-state index in [0.717, 1.165) is 6.07 Å². The van der Waals surface area contributed by atoms with Crippen molar-refractivity contribution in [2.24, 2.45) is 21.2 Å². The molecule has 0 aliphatic heterocycles. The van der Waals surface area contributed by atoms with Crippen LogP contribution in [-0.2, 0) is 14.7 Å². The lowest BCUT2D eigenvalue weighted by Crippen LogP contribution is -2.32. The minimum atomic E-state index is -3.52. The molecule has 0 aromatic carbocycles. The van der Waals surface area contributed by atoms with Crippen LogP contribution in [0.25, 0.3) is 0 Å². The first-order chi connectivity index (χ1) is 9.13. The number of halogens is 2. The molecule has 0 fully saturated rings. The molecular formula is C11H17F2N3O2S2. The summed E-state index contributed by atoms with van der Waals surface area (Å²) in [6, 6.07) is 1.42. The molecule has 0 aliphatic carbocycles. The number of nitrogens with two attached hydrogens (primary N) is 2. The van der Waals surface area contributed by atoms with Crippen molar-refractivity contribution in [3.05, 3.63) is 17.0 Å². The molecule has 20 heavy (non-hydrogen) atoms. The van der Waals surface area contributed by atoms with E-state index in [9.17, 15) is 17.8 Å². The Morgan fingerprint density at radius 1 is 1.45 bits per heavy atom. The van der Waals surface area contributed by atoms with Gasteiger partial charge < -0.3 is 5.73 Å². The third-order valence-electron chi connectivity index (χ3n) is 2.37. The number of alkyl halides is 2. The fourth-order valence-corrected chi connectivity index (χ4v) is 3.69. The number of carbonyl (C=O) groups excluding carboxylic acids is 1. The predicted octanol–water partition coefficient (Wildman–Crippen LogP) is 2.29. The first-order valence-electron chi connectivity index (χ1n) is 5.85. The molecule has 1 aromatic rings. The van der Waals surface area contributed by atoms with Crippen LogP contribution in [0.4, 0.5) is 8.78 Å². The zero-order valence-electron chi connectivity index (χ0n) is 11.1. The van der Waals surface area contributed by atoms with E-state index in [0.29, 0.717) is 17.8 Å².